The topological polar surface area (TPSA) is 26.3 Å². The minimum Gasteiger partial charge on any atom is -0.493 e. The predicted octanol–water partition coefficient (Wildman–Crippen LogP) is 5.12. The van der Waals surface area contributed by atoms with Crippen molar-refractivity contribution in [3.63, 3.8) is 0 Å². The molecule has 0 aliphatic carbocycles. The number of hydrogen-bond acceptors (Lipinski definition) is 2. The lowest BCUT2D eigenvalue weighted by Crippen LogP contribution is -1.99. The van der Waals surface area contributed by atoms with Gasteiger partial charge in [0.2, 0.25) is 0 Å². The second-order valence-electron chi connectivity index (χ2n) is 4.31. The van der Waals surface area contributed by atoms with Crippen molar-refractivity contribution < 1.29 is 9.53 Å². The molecule has 0 saturated carbocycles. The minimum atomic E-state index is -0.0259. The number of allylic oxidation sites excluding steroid dienone is 1. The molecule has 0 atom stereocenters. The van der Waals surface area contributed by atoms with E-state index in [2.05, 4.69) is 31.9 Å². The van der Waals surface area contributed by atoms with E-state index in [1.54, 1.807) is 18.2 Å². The number of carbonyl (C=O) groups excluding carboxylic acids is 1. The molecule has 0 spiro atoms. The summed E-state index contributed by atoms with van der Waals surface area (Å²) in [4.78, 5) is 12.1. The molecule has 108 valence electrons. The van der Waals surface area contributed by atoms with Crippen LogP contribution in [-0.2, 0) is 0 Å². The molecule has 0 radical (unpaired) electrons. The van der Waals surface area contributed by atoms with Gasteiger partial charge in [0.15, 0.2) is 5.78 Å². The van der Waals surface area contributed by atoms with E-state index in [4.69, 9.17) is 4.74 Å². The van der Waals surface area contributed by atoms with Gasteiger partial charge in [0.1, 0.15) is 5.75 Å². The average Bonchev–Trinajstić information content (AvgIpc) is 2.51. The summed E-state index contributed by atoms with van der Waals surface area (Å²) in [5.41, 5.74) is 1.63. The summed E-state index contributed by atoms with van der Waals surface area (Å²) in [6.07, 6.45) is 3.39. The second-order valence-corrected chi connectivity index (χ2v) is 6.02. The molecule has 2 aromatic rings. The van der Waals surface area contributed by atoms with Crippen LogP contribution in [0.15, 0.2) is 59.1 Å². The van der Waals surface area contributed by atoms with Crippen LogP contribution in [0.3, 0.4) is 0 Å². The van der Waals surface area contributed by atoms with E-state index in [1.165, 1.54) is 0 Å². The molecule has 0 unspecified atom stereocenters. The summed E-state index contributed by atoms with van der Waals surface area (Å²) in [5.74, 6) is 0.740. The first-order valence-electron chi connectivity index (χ1n) is 6.46. The fraction of sp³-hybridized carbons (Fsp3) is 0.118. The third-order valence-corrected chi connectivity index (χ3v) is 3.58. The Hall–Kier alpha value is -1.39. The van der Waals surface area contributed by atoms with Crippen LogP contribution in [-0.4, -0.2) is 17.7 Å². The maximum absolute atomic E-state index is 12.1. The fourth-order valence-corrected chi connectivity index (χ4v) is 2.33. The Kier molecular flexibility index (Phi) is 6.21. The molecule has 0 fully saturated rings. The van der Waals surface area contributed by atoms with Crippen molar-refractivity contribution in [1.29, 1.82) is 0 Å². The Morgan fingerprint density at radius 2 is 1.90 bits per heavy atom. The first-order chi connectivity index (χ1) is 10.2. The lowest BCUT2D eigenvalue weighted by atomic mass is 10.1. The zero-order valence-corrected chi connectivity index (χ0v) is 14.4. The summed E-state index contributed by atoms with van der Waals surface area (Å²) in [6, 6.07) is 15.0. The second kappa shape index (κ2) is 8.15. The summed E-state index contributed by atoms with van der Waals surface area (Å²) in [5, 5.41) is 0.781. The average molecular weight is 410 g/mol. The number of alkyl halides is 1. The van der Waals surface area contributed by atoms with Gasteiger partial charge in [0.25, 0.3) is 0 Å². The van der Waals surface area contributed by atoms with Gasteiger partial charge in [-0.05, 0) is 48.0 Å². The lowest BCUT2D eigenvalue weighted by Gasteiger charge is -2.04. The zero-order valence-electron chi connectivity index (χ0n) is 11.3. The molecular formula is C17H14Br2O2. The smallest absolute Gasteiger partial charge is 0.185 e. The fourth-order valence-electron chi connectivity index (χ4n) is 1.75. The van der Waals surface area contributed by atoms with Crippen LogP contribution in [0.4, 0.5) is 0 Å². The largest absolute Gasteiger partial charge is 0.493 e. The molecular weight excluding hydrogens is 396 g/mol. The minimum absolute atomic E-state index is 0.0259. The number of hydrogen-bond donors (Lipinski definition) is 0. The predicted molar refractivity (Wildman–Crippen MR) is 93.2 cm³/mol. The molecule has 0 aliphatic heterocycles. The summed E-state index contributed by atoms with van der Waals surface area (Å²) < 4.78 is 6.44. The number of benzene rings is 2. The molecule has 2 nitrogen and oxygen atoms in total. The highest BCUT2D eigenvalue weighted by Crippen LogP contribution is 2.15. The third-order valence-electron chi connectivity index (χ3n) is 2.76. The van der Waals surface area contributed by atoms with E-state index >= 15 is 0 Å². The van der Waals surface area contributed by atoms with Crippen LogP contribution in [0.5, 0.6) is 5.75 Å². The van der Waals surface area contributed by atoms with E-state index in [0.717, 1.165) is 21.1 Å². The Bertz CT molecular complexity index is 633. The summed E-state index contributed by atoms with van der Waals surface area (Å²) in [7, 11) is 0. The van der Waals surface area contributed by atoms with E-state index in [9.17, 15) is 4.79 Å². The van der Waals surface area contributed by atoms with Crippen molar-refractivity contribution in [2.24, 2.45) is 0 Å². The maximum atomic E-state index is 12.1. The van der Waals surface area contributed by atoms with Crippen LogP contribution in [0, 0.1) is 0 Å². The van der Waals surface area contributed by atoms with Crippen molar-refractivity contribution in [2.45, 2.75) is 0 Å². The van der Waals surface area contributed by atoms with Crippen LogP contribution in [0.1, 0.15) is 15.9 Å². The van der Waals surface area contributed by atoms with Crippen molar-refractivity contribution in [1.82, 2.24) is 0 Å². The summed E-state index contributed by atoms with van der Waals surface area (Å²) in [6.45, 7) is 0.607. The van der Waals surface area contributed by atoms with Crippen molar-refractivity contribution in [3.05, 3.63) is 70.2 Å². The van der Waals surface area contributed by atoms with E-state index in [-0.39, 0.29) is 5.78 Å². The first-order valence-corrected chi connectivity index (χ1v) is 8.37. The van der Waals surface area contributed by atoms with E-state index in [0.29, 0.717) is 12.2 Å². The van der Waals surface area contributed by atoms with Crippen molar-refractivity contribution >= 4 is 43.7 Å². The van der Waals surface area contributed by atoms with Crippen LogP contribution in [0.2, 0.25) is 0 Å². The molecule has 2 rings (SSSR count). The van der Waals surface area contributed by atoms with Crippen LogP contribution < -0.4 is 4.74 Å². The molecule has 2 aromatic carbocycles. The number of ketones is 1. The number of carbonyl (C=O) groups is 1. The van der Waals surface area contributed by atoms with Crippen molar-refractivity contribution in [3.8, 4) is 5.75 Å². The molecule has 0 amide bonds. The van der Waals surface area contributed by atoms with E-state index in [1.807, 2.05) is 42.5 Å². The Morgan fingerprint density at radius 3 is 2.57 bits per heavy atom. The van der Waals surface area contributed by atoms with Crippen LogP contribution in [0.25, 0.3) is 6.08 Å². The SMILES string of the molecule is O=C(/C=C/c1cccc(Br)c1)c1ccc(OCCBr)cc1. The Balaban J connectivity index is 2.03. The van der Waals surface area contributed by atoms with Gasteiger partial charge in [-0.25, -0.2) is 0 Å². The number of ether oxygens (including phenoxy) is 1. The monoisotopic (exact) mass is 408 g/mol. The van der Waals surface area contributed by atoms with Gasteiger partial charge in [0.05, 0.1) is 6.61 Å². The Morgan fingerprint density at radius 1 is 1.14 bits per heavy atom. The quantitative estimate of drug-likeness (QED) is 0.376. The van der Waals surface area contributed by atoms with Gasteiger partial charge in [-0.1, -0.05) is 50.1 Å². The van der Waals surface area contributed by atoms with Gasteiger partial charge >= 0.3 is 0 Å². The standard InChI is InChI=1S/C17H14Br2O2/c18-10-11-21-16-7-5-14(6-8-16)17(20)9-4-13-2-1-3-15(19)12-13/h1-9,12H,10-11H2/b9-4+. The highest BCUT2D eigenvalue weighted by Gasteiger charge is 2.02. The third kappa shape index (κ3) is 5.14. The molecule has 0 aromatic heterocycles. The van der Waals surface area contributed by atoms with Gasteiger partial charge in [-0.2, -0.15) is 0 Å². The summed E-state index contributed by atoms with van der Waals surface area (Å²) >= 11 is 6.71. The van der Waals surface area contributed by atoms with Gasteiger partial charge in [-0.15, -0.1) is 0 Å². The number of rotatable bonds is 6. The molecule has 21 heavy (non-hydrogen) atoms. The van der Waals surface area contributed by atoms with E-state index < -0.39 is 0 Å². The molecule has 0 saturated heterocycles. The van der Waals surface area contributed by atoms with Crippen LogP contribution >= 0.6 is 31.9 Å². The molecule has 0 N–H and O–H groups in total. The van der Waals surface area contributed by atoms with Gasteiger partial charge in [-0.3, -0.25) is 4.79 Å². The number of halogens is 2. The molecule has 0 heterocycles. The zero-order chi connectivity index (χ0) is 15.1. The Labute approximate surface area is 141 Å². The van der Waals surface area contributed by atoms with Crippen molar-refractivity contribution in [2.75, 3.05) is 11.9 Å². The first kappa shape index (κ1) is 16.0. The van der Waals surface area contributed by atoms with Gasteiger partial charge < -0.3 is 4.74 Å². The highest BCUT2D eigenvalue weighted by atomic mass is 79.9. The van der Waals surface area contributed by atoms with Gasteiger partial charge in [0, 0.05) is 15.4 Å². The molecule has 0 aliphatic rings. The molecule has 4 heteroatoms. The normalized spacial score (nSPS) is 10.8. The maximum Gasteiger partial charge on any atom is 0.185 e. The highest BCUT2D eigenvalue weighted by molar-refractivity contribution is 9.10. The lowest BCUT2D eigenvalue weighted by molar-refractivity contribution is 0.104. The molecule has 0 bridgehead atoms.